The van der Waals surface area contributed by atoms with E-state index in [1.54, 1.807) is 6.07 Å². The van der Waals surface area contributed by atoms with E-state index in [1.807, 2.05) is 40.8 Å². The number of halogens is 2. The van der Waals surface area contributed by atoms with Gasteiger partial charge in [-0.25, -0.2) is 13.8 Å². The van der Waals surface area contributed by atoms with Crippen molar-refractivity contribution in [2.24, 2.45) is 5.41 Å². The van der Waals surface area contributed by atoms with E-state index in [1.165, 1.54) is 18.3 Å². The molecule has 0 aliphatic heterocycles. The van der Waals surface area contributed by atoms with Gasteiger partial charge in [-0.15, -0.1) is 0 Å². The van der Waals surface area contributed by atoms with Gasteiger partial charge in [0.2, 0.25) is 0 Å². The van der Waals surface area contributed by atoms with Gasteiger partial charge in [0.25, 0.3) is 0 Å². The minimum Gasteiger partial charge on any atom is -0.450 e. The molecule has 35 heavy (non-hydrogen) atoms. The summed E-state index contributed by atoms with van der Waals surface area (Å²) < 4.78 is 41.3. The van der Waals surface area contributed by atoms with Crippen LogP contribution in [-0.2, 0) is 11.2 Å². The normalized spacial score (nSPS) is 13.5. The summed E-state index contributed by atoms with van der Waals surface area (Å²) in [5, 5.41) is 10.5. The van der Waals surface area contributed by atoms with Gasteiger partial charge in [0.05, 0.1) is 24.7 Å². The third-order valence-corrected chi connectivity index (χ3v) is 6.36. The van der Waals surface area contributed by atoms with Crippen LogP contribution in [0.25, 0.3) is 11.0 Å². The molecule has 3 rings (SSSR count). The van der Waals surface area contributed by atoms with Crippen molar-refractivity contribution < 1.29 is 23.4 Å². The lowest BCUT2D eigenvalue weighted by Gasteiger charge is -2.28. The lowest BCUT2D eigenvalue weighted by atomic mass is 9.86. The molecule has 0 fully saturated rings. The summed E-state index contributed by atoms with van der Waals surface area (Å²) in [5.41, 5.74) is 1.57. The average molecular weight is 505 g/mol. The monoisotopic (exact) mass is 504 g/mol. The fraction of sp³-hybridized carbons (Fsp3) is 0.481. The molecule has 0 saturated heterocycles. The van der Waals surface area contributed by atoms with Crippen LogP contribution in [0.5, 0.6) is 11.5 Å². The molecule has 0 spiro atoms. The van der Waals surface area contributed by atoms with E-state index in [0.29, 0.717) is 46.7 Å². The number of rotatable bonds is 12. The second kappa shape index (κ2) is 11.5. The van der Waals surface area contributed by atoms with Crippen LogP contribution in [0.3, 0.4) is 0 Å². The van der Waals surface area contributed by atoms with E-state index in [2.05, 4.69) is 9.97 Å². The number of pyridine rings is 1. The Kier molecular flexibility index (Phi) is 8.96. The fourth-order valence-corrected chi connectivity index (χ4v) is 4.10. The van der Waals surface area contributed by atoms with Gasteiger partial charge in [0.1, 0.15) is 11.4 Å². The Hall–Kier alpha value is -2.42. The highest BCUT2D eigenvalue weighted by Crippen LogP contribution is 2.36. The number of aliphatic hydroxyl groups excluding tert-OH is 1. The molecule has 2 N–H and O–H groups in total. The summed E-state index contributed by atoms with van der Waals surface area (Å²) in [4.78, 5) is 8.02. The van der Waals surface area contributed by atoms with Crippen molar-refractivity contribution in [3.8, 4) is 11.5 Å². The second-order valence-corrected chi connectivity index (χ2v) is 10.5. The zero-order valence-electron chi connectivity index (χ0n) is 21.0. The maximum Gasteiger partial charge on any atom is 0.198 e. The molecule has 0 radical (unpaired) electrons. The number of nitrogens with zero attached hydrogens (tertiary/aromatic N) is 1. The first-order valence-electron chi connectivity index (χ1n) is 11.9. The predicted molar refractivity (Wildman–Crippen MR) is 138 cm³/mol. The molecule has 0 amide bonds. The summed E-state index contributed by atoms with van der Waals surface area (Å²) in [5.74, 6) is -1.52. The Morgan fingerprint density at radius 1 is 1.20 bits per heavy atom. The Balaban J connectivity index is 1.72. The van der Waals surface area contributed by atoms with Crippen molar-refractivity contribution in [1.29, 1.82) is 0 Å². The molecule has 1 aromatic carbocycles. The second-order valence-electron chi connectivity index (χ2n) is 9.97. The Morgan fingerprint density at radius 3 is 2.49 bits per heavy atom. The van der Waals surface area contributed by atoms with E-state index in [-0.39, 0.29) is 25.0 Å². The quantitative estimate of drug-likeness (QED) is 0.263. The summed E-state index contributed by atoms with van der Waals surface area (Å²) in [6.07, 6.45) is 4.85. The number of aromatic nitrogens is 2. The topological polar surface area (TPSA) is 67.4 Å². The lowest BCUT2D eigenvalue weighted by Crippen LogP contribution is -2.30. The molecule has 2 heterocycles. The molecule has 0 saturated carbocycles. The molecular formula is C27H34F2N2O3S. The Morgan fingerprint density at radius 2 is 1.89 bits per heavy atom. The van der Waals surface area contributed by atoms with Crippen LogP contribution in [0.4, 0.5) is 8.78 Å². The van der Waals surface area contributed by atoms with Crippen LogP contribution < -0.4 is 4.74 Å². The van der Waals surface area contributed by atoms with Crippen molar-refractivity contribution in [1.82, 2.24) is 9.97 Å². The van der Waals surface area contributed by atoms with Crippen molar-refractivity contribution in [2.45, 2.75) is 65.9 Å². The number of hydrogen-bond acceptors (Lipinski definition) is 5. The Bertz CT molecular complexity index is 1160. The molecule has 3 aromatic rings. The van der Waals surface area contributed by atoms with Gasteiger partial charge in [-0.05, 0) is 66.8 Å². The standard InChI is InChI=1S/C27H34F2N2O3S/c1-16(2)20-13-31-26-24(20)23(7-9-30-26)34-25-21(28)11-18(12-22(25)29)10-19(35)6-8-27(5,14-32)15-33-17(3)4/h7,9,11-13,16-17,32H,6,8,10,14-15H2,1-5H3,(H,30,31). The number of ether oxygens (including phenoxy) is 2. The fourth-order valence-electron chi connectivity index (χ4n) is 3.84. The number of aliphatic hydroxyl groups is 1. The summed E-state index contributed by atoms with van der Waals surface area (Å²) >= 11 is 5.48. The molecule has 0 aliphatic rings. The number of benzene rings is 1. The van der Waals surface area contributed by atoms with Crippen LogP contribution in [0.1, 0.15) is 64.5 Å². The van der Waals surface area contributed by atoms with Gasteiger partial charge in [-0.3, -0.25) is 0 Å². The summed E-state index contributed by atoms with van der Waals surface area (Å²) in [6.45, 7) is 10.3. The molecular weight excluding hydrogens is 470 g/mol. The largest absolute Gasteiger partial charge is 0.450 e. The van der Waals surface area contributed by atoms with Crippen LogP contribution in [0.2, 0.25) is 0 Å². The number of fused-ring (bicyclic) bond motifs is 1. The average Bonchev–Trinajstić information content (AvgIpc) is 3.24. The summed E-state index contributed by atoms with van der Waals surface area (Å²) in [6, 6.07) is 4.12. The van der Waals surface area contributed by atoms with Gasteiger partial charge in [-0.1, -0.05) is 33.0 Å². The zero-order chi connectivity index (χ0) is 25.8. The van der Waals surface area contributed by atoms with Gasteiger partial charge in [0, 0.05) is 24.2 Å². The van der Waals surface area contributed by atoms with Gasteiger partial charge in [0.15, 0.2) is 17.4 Å². The summed E-state index contributed by atoms with van der Waals surface area (Å²) in [7, 11) is 0. The van der Waals surface area contributed by atoms with Crippen molar-refractivity contribution >= 4 is 28.1 Å². The van der Waals surface area contributed by atoms with E-state index < -0.39 is 22.8 Å². The lowest BCUT2D eigenvalue weighted by molar-refractivity contribution is -0.0142. The van der Waals surface area contributed by atoms with Crippen LogP contribution >= 0.6 is 12.2 Å². The Labute approximate surface area is 210 Å². The SMILES string of the molecule is CC(C)OCC(C)(CO)CCC(=S)Cc1cc(F)c(Oc2ccnc3[nH]cc(C(C)C)c23)c(F)c1. The molecule has 0 aliphatic carbocycles. The number of H-pyrrole nitrogens is 1. The van der Waals surface area contributed by atoms with Crippen molar-refractivity contribution in [3.63, 3.8) is 0 Å². The van der Waals surface area contributed by atoms with Crippen LogP contribution in [0.15, 0.2) is 30.6 Å². The van der Waals surface area contributed by atoms with Crippen LogP contribution in [0, 0.1) is 17.0 Å². The van der Waals surface area contributed by atoms with E-state index in [9.17, 15) is 13.9 Å². The van der Waals surface area contributed by atoms with E-state index in [4.69, 9.17) is 21.7 Å². The highest BCUT2D eigenvalue weighted by molar-refractivity contribution is 7.80. The molecule has 0 bridgehead atoms. The third-order valence-electron chi connectivity index (χ3n) is 6.01. The highest BCUT2D eigenvalue weighted by Gasteiger charge is 2.25. The zero-order valence-corrected chi connectivity index (χ0v) is 21.8. The van der Waals surface area contributed by atoms with Crippen molar-refractivity contribution in [2.75, 3.05) is 13.2 Å². The third kappa shape index (κ3) is 6.84. The van der Waals surface area contributed by atoms with Gasteiger partial charge in [-0.2, -0.15) is 0 Å². The minimum absolute atomic E-state index is 0.0282. The maximum atomic E-state index is 15.0. The number of aromatic amines is 1. The van der Waals surface area contributed by atoms with Gasteiger partial charge < -0.3 is 19.6 Å². The smallest absolute Gasteiger partial charge is 0.198 e. The molecule has 8 heteroatoms. The number of hydrogen-bond donors (Lipinski definition) is 2. The predicted octanol–water partition coefficient (Wildman–Crippen LogP) is 6.87. The number of nitrogens with one attached hydrogen (secondary N) is 1. The molecule has 190 valence electrons. The first-order valence-corrected chi connectivity index (χ1v) is 12.3. The maximum absolute atomic E-state index is 15.0. The van der Waals surface area contributed by atoms with Gasteiger partial charge >= 0.3 is 0 Å². The van der Waals surface area contributed by atoms with E-state index >= 15 is 0 Å². The first kappa shape index (κ1) is 27.2. The van der Waals surface area contributed by atoms with Crippen LogP contribution in [-0.4, -0.2) is 39.3 Å². The molecule has 1 atom stereocenters. The van der Waals surface area contributed by atoms with E-state index in [0.717, 1.165) is 5.56 Å². The minimum atomic E-state index is -0.792. The molecule has 2 aromatic heterocycles. The first-order chi connectivity index (χ1) is 16.5. The molecule has 5 nitrogen and oxygen atoms in total. The highest BCUT2D eigenvalue weighted by atomic mass is 32.1. The molecule has 1 unspecified atom stereocenters. The number of thiocarbonyl (C=S) groups is 1. The van der Waals surface area contributed by atoms with Crippen molar-refractivity contribution in [3.05, 3.63) is 53.4 Å².